The maximum absolute atomic E-state index is 14.8. The number of anilines is 1. The third kappa shape index (κ3) is 7.71. The second-order valence-electron chi connectivity index (χ2n) is 13.0. The molecule has 2 aromatic carbocycles. The van der Waals surface area contributed by atoms with Crippen LogP contribution < -0.4 is 10.2 Å². The van der Waals surface area contributed by atoms with Gasteiger partial charge in [0.2, 0.25) is 11.8 Å². The summed E-state index contributed by atoms with van der Waals surface area (Å²) in [4.78, 5) is 59.0. The van der Waals surface area contributed by atoms with Crippen molar-refractivity contribution in [3.8, 4) is 0 Å². The minimum atomic E-state index is -1.28. The number of halogens is 2. The maximum atomic E-state index is 14.8. The molecule has 12 heteroatoms. The number of aliphatic hydroxyl groups is 1. The molecule has 3 aliphatic rings. The molecule has 50 heavy (non-hydrogen) atoms. The number of aliphatic hydroxyl groups excluding tert-OH is 1. The topological polar surface area (TPSA) is 125 Å². The van der Waals surface area contributed by atoms with Crippen molar-refractivity contribution in [2.75, 3.05) is 31.2 Å². The number of benzene rings is 2. The quantitative estimate of drug-likeness (QED) is 0.0885. The molecule has 7 atom stereocenters. The standard InChI is InChI=1S/C38H45BrClN3O7/c1-3-5-19-30(45)49-24-28(25-15-9-8-10-16-25)41-35(46)31-32-36(47)43(21-13-6-7-14-22-44)34(38(32)23-26(39)33(31)50-38)37(48)42(20-4-2)29-18-12-11-17-27(29)40/h3-4,8-12,15-18,26,28,31-34,44H,1-2,5-7,13-14,19-24H2,(H,41,46)/t26?,28-,31-,32+,33-,34-,38+/m1/s1. The molecule has 0 saturated carbocycles. The third-order valence-corrected chi connectivity index (χ3v) is 11.0. The van der Waals surface area contributed by atoms with Crippen LogP contribution in [0.4, 0.5) is 5.69 Å². The Morgan fingerprint density at radius 1 is 1.10 bits per heavy atom. The zero-order valence-electron chi connectivity index (χ0n) is 28.1. The van der Waals surface area contributed by atoms with Gasteiger partial charge < -0.3 is 29.7 Å². The first-order chi connectivity index (χ1) is 24.2. The minimum Gasteiger partial charge on any atom is -0.463 e. The van der Waals surface area contributed by atoms with E-state index in [2.05, 4.69) is 34.4 Å². The SMILES string of the molecule is C=CCCC(=O)OC[C@@H](NC(=O)[C@H]1[C@@H]2O[C@@]3(CC2Br)[C@@H]1C(=O)N(CCCCCCO)[C@@H]3C(=O)N(CC=C)c1ccccc1Cl)c1ccccc1. The highest BCUT2D eigenvalue weighted by Crippen LogP contribution is 2.60. The summed E-state index contributed by atoms with van der Waals surface area (Å²) >= 11 is 10.3. The molecule has 268 valence electrons. The van der Waals surface area contributed by atoms with Crippen molar-refractivity contribution in [3.63, 3.8) is 0 Å². The molecule has 3 amide bonds. The number of esters is 1. The van der Waals surface area contributed by atoms with Gasteiger partial charge in [-0.15, -0.1) is 13.2 Å². The molecular formula is C38H45BrClN3O7. The summed E-state index contributed by atoms with van der Waals surface area (Å²) in [6, 6.07) is 14.5. The Labute approximate surface area is 306 Å². The zero-order valence-corrected chi connectivity index (χ0v) is 30.4. The van der Waals surface area contributed by atoms with Crippen molar-refractivity contribution in [2.45, 2.75) is 73.6 Å². The van der Waals surface area contributed by atoms with Gasteiger partial charge in [-0.3, -0.25) is 19.2 Å². The molecule has 3 saturated heterocycles. The fourth-order valence-corrected chi connectivity index (χ4v) is 8.77. The molecule has 5 rings (SSSR count). The number of unbranched alkanes of at least 4 members (excludes halogenated alkanes) is 3. The molecule has 10 nitrogen and oxygen atoms in total. The van der Waals surface area contributed by atoms with Crippen LogP contribution in [-0.2, 0) is 28.7 Å². The van der Waals surface area contributed by atoms with Crippen LogP contribution in [0.25, 0.3) is 0 Å². The van der Waals surface area contributed by atoms with Gasteiger partial charge in [0.05, 0.1) is 34.7 Å². The Kier molecular flexibility index (Phi) is 12.9. The first-order valence-corrected chi connectivity index (χ1v) is 18.5. The molecule has 0 radical (unpaired) electrons. The fourth-order valence-electron chi connectivity index (χ4n) is 7.59. The molecule has 2 bridgehead atoms. The van der Waals surface area contributed by atoms with Gasteiger partial charge in [0.1, 0.15) is 18.2 Å². The van der Waals surface area contributed by atoms with E-state index in [1.54, 1.807) is 41.3 Å². The molecule has 3 aliphatic heterocycles. The number of para-hydroxylation sites is 1. The van der Waals surface area contributed by atoms with E-state index in [0.29, 0.717) is 36.4 Å². The van der Waals surface area contributed by atoms with Crippen LogP contribution in [0, 0.1) is 11.8 Å². The Hall–Kier alpha value is -3.51. The molecule has 2 aromatic rings. The van der Waals surface area contributed by atoms with Crippen molar-refractivity contribution in [3.05, 3.63) is 90.5 Å². The van der Waals surface area contributed by atoms with E-state index >= 15 is 0 Å². The Balaban J connectivity index is 1.47. The number of ether oxygens (including phenoxy) is 2. The van der Waals surface area contributed by atoms with Gasteiger partial charge in [-0.2, -0.15) is 0 Å². The highest BCUT2D eigenvalue weighted by atomic mass is 79.9. The third-order valence-electron chi connectivity index (χ3n) is 9.84. The summed E-state index contributed by atoms with van der Waals surface area (Å²) in [6.45, 7) is 7.93. The lowest BCUT2D eigenvalue weighted by Gasteiger charge is -2.37. The van der Waals surface area contributed by atoms with Crippen LogP contribution >= 0.6 is 27.5 Å². The first kappa shape index (κ1) is 37.7. The number of hydrogen-bond acceptors (Lipinski definition) is 7. The predicted octanol–water partition coefficient (Wildman–Crippen LogP) is 5.53. The van der Waals surface area contributed by atoms with E-state index in [1.165, 1.54) is 4.90 Å². The van der Waals surface area contributed by atoms with E-state index in [1.807, 2.05) is 30.3 Å². The summed E-state index contributed by atoms with van der Waals surface area (Å²) in [5, 5.41) is 12.7. The molecule has 2 N–H and O–H groups in total. The van der Waals surface area contributed by atoms with Crippen LogP contribution in [-0.4, -0.2) is 82.6 Å². The number of nitrogens with one attached hydrogen (secondary N) is 1. The van der Waals surface area contributed by atoms with Crippen LogP contribution in [0.3, 0.4) is 0 Å². The largest absolute Gasteiger partial charge is 0.463 e. The zero-order chi connectivity index (χ0) is 35.8. The number of carbonyl (C=O) groups is 4. The monoisotopic (exact) mass is 769 g/mol. The lowest BCUT2D eigenvalue weighted by Crippen LogP contribution is -2.57. The van der Waals surface area contributed by atoms with Gasteiger partial charge in [0, 0.05) is 30.9 Å². The lowest BCUT2D eigenvalue weighted by molar-refractivity contribution is -0.145. The van der Waals surface area contributed by atoms with Gasteiger partial charge in [-0.1, -0.05) is 95.0 Å². The van der Waals surface area contributed by atoms with E-state index in [4.69, 9.17) is 21.1 Å². The van der Waals surface area contributed by atoms with E-state index < -0.39 is 47.5 Å². The Morgan fingerprint density at radius 3 is 2.52 bits per heavy atom. The highest BCUT2D eigenvalue weighted by Gasteiger charge is 2.76. The van der Waals surface area contributed by atoms with Gasteiger partial charge in [0.25, 0.3) is 5.91 Å². The van der Waals surface area contributed by atoms with E-state index in [0.717, 1.165) is 18.4 Å². The summed E-state index contributed by atoms with van der Waals surface area (Å²) in [5.41, 5.74) is -0.0540. The number of rotatable bonds is 18. The van der Waals surface area contributed by atoms with Crippen LogP contribution in [0.2, 0.25) is 5.02 Å². The van der Waals surface area contributed by atoms with Crippen LogP contribution in [0.1, 0.15) is 56.6 Å². The van der Waals surface area contributed by atoms with Crippen molar-refractivity contribution >= 4 is 56.9 Å². The summed E-state index contributed by atoms with van der Waals surface area (Å²) < 4.78 is 12.3. The molecule has 0 aromatic heterocycles. The van der Waals surface area contributed by atoms with Crippen molar-refractivity contribution in [2.24, 2.45) is 11.8 Å². The Morgan fingerprint density at radius 2 is 1.82 bits per heavy atom. The average Bonchev–Trinajstić information content (AvgIpc) is 3.71. The molecule has 1 spiro atoms. The Bertz CT molecular complexity index is 1560. The number of allylic oxidation sites excluding steroid dienone is 1. The van der Waals surface area contributed by atoms with Crippen molar-refractivity contribution in [1.82, 2.24) is 10.2 Å². The number of nitrogens with zero attached hydrogens (tertiary/aromatic N) is 2. The number of likely N-dealkylation sites (tertiary alicyclic amines) is 1. The van der Waals surface area contributed by atoms with Crippen molar-refractivity contribution < 1.29 is 33.8 Å². The van der Waals surface area contributed by atoms with Gasteiger partial charge in [-0.25, -0.2) is 0 Å². The molecule has 3 heterocycles. The number of carbonyl (C=O) groups excluding carboxylic acids is 4. The lowest BCUT2D eigenvalue weighted by atomic mass is 9.70. The summed E-state index contributed by atoms with van der Waals surface area (Å²) in [5.74, 6) is -3.33. The van der Waals surface area contributed by atoms with Gasteiger partial charge in [-0.05, 0) is 43.4 Å². The second kappa shape index (κ2) is 17.1. The van der Waals surface area contributed by atoms with Crippen molar-refractivity contribution in [1.29, 1.82) is 0 Å². The molecular weight excluding hydrogens is 726 g/mol. The fraction of sp³-hybridized carbons (Fsp3) is 0.474. The van der Waals surface area contributed by atoms with Crippen LogP contribution in [0.5, 0.6) is 0 Å². The molecule has 1 unspecified atom stereocenters. The minimum absolute atomic E-state index is 0.0833. The number of fused-ring (bicyclic) bond motifs is 1. The first-order valence-electron chi connectivity index (χ1n) is 17.2. The average molecular weight is 771 g/mol. The maximum Gasteiger partial charge on any atom is 0.306 e. The highest BCUT2D eigenvalue weighted by molar-refractivity contribution is 9.09. The number of amides is 3. The van der Waals surface area contributed by atoms with Gasteiger partial charge >= 0.3 is 5.97 Å². The van der Waals surface area contributed by atoms with E-state index in [9.17, 15) is 24.3 Å². The normalized spacial score (nSPS) is 25.5. The molecule has 0 aliphatic carbocycles. The van der Waals surface area contributed by atoms with E-state index in [-0.39, 0.29) is 49.4 Å². The van der Waals surface area contributed by atoms with Gasteiger partial charge in [0.15, 0.2) is 0 Å². The second-order valence-corrected chi connectivity index (χ2v) is 14.6. The smallest absolute Gasteiger partial charge is 0.306 e. The summed E-state index contributed by atoms with van der Waals surface area (Å²) in [7, 11) is 0. The predicted molar refractivity (Wildman–Crippen MR) is 195 cm³/mol. The molecule has 3 fully saturated rings. The number of hydrogen-bond donors (Lipinski definition) is 2. The summed E-state index contributed by atoms with van der Waals surface area (Å²) in [6.07, 6.45) is 6.35. The van der Waals surface area contributed by atoms with Crippen LogP contribution in [0.15, 0.2) is 79.9 Å². The number of alkyl halides is 1.